The van der Waals surface area contributed by atoms with Gasteiger partial charge in [-0.15, -0.1) is 11.8 Å². The minimum Gasteiger partial charge on any atom is -0.395 e. The van der Waals surface area contributed by atoms with Crippen molar-refractivity contribution in [2.24, 2.45) is 0 Å². The van der Waals surface area contributed by atoms with Crippen molar-refractivity contribution in [1.29, 1.82) is 0 Å². The molecule has 0 spiro atoms. The van der Waals surface area contributed by atoms with Gasteiger partial charge in [0.1, 0.15) is 16.5 Å². The maximum absolute atomic E-state index is 13.4. The van der Waals surface area contributed by atoms with E-state index in [1.54, 1.807) is 0 Å². The molecule has 114 valence electrons. The first-order valence-electron chi connectivity index (χ1n) is 6.18. The number of aliphatic hydroxyl groups excluding tert-OH is 2. The predicted molar refractivity (Wildman–Crippen MR) is 73.8 cm³/mol. The summed E-state index contributed by atoms with van der Waals surface area (Å²) in [4.78, 5) is 11.1. The summed E-state index contributed by atoms with van der Waals surface area (Å²) in [6.07, 6.45) is -0.782. The van der Waals surface area contributed by atoms with Gasteiger partial charge >= 0.3 is 6.08 Å². The molecular formula is C11H14FN5O3S. The number of anilines is 1. The zero-order valence-electron chi connectivity index (χ0n) is 11.0. The van der Waals surface area contributed by atoms with Crippen molar-refractivity contribution >= 4 is 28.7 Å². The maximum Gasteiger partial charge on any atom is 0.312 e. The van der Waals surface area contributed by atoms with Gasteiger partial charge < -0.3 is 21.1 Å². The van der Waals surface area contributed by atoms with E-state index in [1.165, 1.54) is 17.8 Å². The second kappa shape index (κ2) is 4.77. The molecule has 8 nitrogen and oxygen atoms in total. The standard InChI is InChI=1S/C11H14FN5O3S/c1-11(20)6(19)4(2-18)21-9(11)17-3-14-5-7(13)15-10(12)16-8(5)17/h3-4,6,9,18-20H,2H2,1H3,(H2,13,15,16)/t4-,6-,9-,11-/m1/s1. The van der Waals surface area contributed by atoms with E-state index < -0.39 is 28.4 Å². The molecule has 10 heteroatoms. The second-order valence-corrected chi connectivity index (χ2v) is 6.41. The summed E-state index contributed by atoms with van der Waals surface area (Å²) < 4.78 is 14.8. The normalized spacial score (nSPS) is 32.9. The lowest BCUT2D eigenvalue weighted by Gasteiger charge is -2.28. The minimum atomic E-state index is -1.54. The van der Waals surface area contributed by atoms with Crippen LogP contribution in [0, 0.1) is 6.08 Å². The number of halogens is 1. The average molecular weight is 315 g/mol. The molecule has 0 radical (unpaired) electrons. The third kappa shape index (κ3) is 2.06. The van der Waals surface area contributed by atoms with Crippen molar-refractivity contribution in [3.63, 3.8) is 0 Å². The first-order valence-corrected chi connectivity index (χ1v) is 7.13. The third-order valence-corrected chi connectivity index (χ3v) is 5.33. The van der Waals surface area contributed by atoms with Gasteiger partial charge in [0.2, 0.25) is 0 Å². The third-order valence-electron chi connectivity index (χ3n) is 3.61. The molecular weight excluding hydrogens is 301 g/mol. The molecule has 3 rings (SSSR count). The maximum atomic E-state index is 13.4. The Kier molecular flexibility index (Phi) is 3.28. The first kappa shape index (κ1) is 14.4. The van der Waals surface area contributed by atoms with E-state index in [0.717, 1.165) is 11.8 Å². The van der Waals surface area contributed by atoms with E-state index in [-0.39, 0.29) is 23.6 Å². The Balaban J connectivity index is 2.13. The second-order valence-electron chi connectivity index (χ2n) is 5.08. The van der Waals surface area contributed by atoms with Crippen LogP contribution in [-0.2, 0) is 0 Å². The van der Waals surface area contributed by atoms with Gasteiger partial charge in [0.25, 0.3) is 0 Å². The number of nitrogens with zero attached hydrogens (tertiary/aromatic N) is 4. The monoisotopic (exact) mass is 315 g/mol. The van der Waals surface area contributed by atoms with Gasteiger partial charge in [-0.3, -0.25) is 4.57 Å². The van der Waals surface area contributed by atoms with Crippen molar-refractivity contribution < 1.29 is 19.7 Å². The van der Waals surface area contributed by atoms with Crippen LogP contribution in [0.15, 0.2) is 6.33 Å². The lowest BCUT2D eigenvalue weighted by Crippen LogP contribution is -2.44. The van der Waals surface area contributed by atoms with E-state index >= 15 is 0 Å². The zero-order chi connectivity index (χ0) is 15.4. The molecule has 1 aliphatic rings. The summed E-state index contributed by atoms with van der Waals surface area (Å²) in [5, 5.41) is 28.6. The van der Waals surface area contributed by atoms with Crippen LogP contribution in [0.2, 0.25) is 0 Å². The molecule has 0 unspecified atom stereocenters. The highest BCUT2D eigenvalue weighted by atomic mass is 32.2. The highest BCUT2D eigenvalue weighted by Crippen LogP contribution is 2.49. The highest BCUT2D eigenvalue weighted by molar-refractivity contribution is 8.00. The van der Waals surface area contributed by atoms with Gasteiger partial charge in [0.15, 0.2) is 11.5 Å². The fourth-order valence-electron chi connectivity index (χ4n) is 2.47. The Morgan fingerprint density at radius 2 is 2.24 bits per heavy atom. The van der Waals surface area contributed by atoms with Gasteiger partial charge in [-0.1, -0.05) is 0 Å². The molecule has 0 amide bonds. The SMILES string of the molecule is C[C@@]1(O)[C@H](O)[C@@H](CO)S[C@H]1n1cnc2c(N)nc(F)nc21. The van der Waals surface area contributed by atoms with Gasteiger partial charge in [-0.05, 0) is 6.92 Å². The molecule has 4 atom stereocenters. The van der Waals surface area contributed by atoms with Crippen LogP contribution >= 0.6 is 11.8 Å². The Bertz CT molecular complexity index is 694. The van der Waals surface area contributed by atoms with Crippen LogP contribution in [0.4, 0.5) is 10.2 Å². The first-order chi connectivity index (χ1) is 9.86. The summed E-state index contributed by atoms with van der Waals surface area (Å²) in [6.45, 7) is 1.15. The molecule has 5 N–H and O–H groups in total. The molecule has 1 aliphatic heterocycles. The van der Waals surface area contributed by atoms with Crippen molar-refractivity contribution in [3.8, 4) is 0 Å². The number of rotatable bonds is 2. The molecule has 2 aromatic heterocycles. The molecule has 0 aliphatic carbocycles. The summed E-state index contributed by atoms with van der Waals surface area (Å²) in [5.74, 6) is -0.0989. The summed E-state index contributed by atoms with van der Waals surface area (Å²) in [6, 6.07) is 0. The topological polar surface area (TPSA) is 130 Å². The van der Waals surface area contributed by atoms with Crippen LogP contribution in [0.5, 0.6) is 0 Å². The van der Waals surface area contributed by atoms with Crippen LogP contribution < -0.4 is 5.73 Å². The van der Waals surface area contributed by atoms with Crippen LogP contribution in [-0.4, -0.2) is 58.4 Å². The summed E-state index contributed by atoms with van der Waals surface area (Å²) in [7, 11) is 0. The molecule has 0 bridgehead atoms. The van der Waals surface area contributed by atoms with Crippen molar-refractivity contribution in [1.82, 2.24) is 19.5 Å². The van der Waals surface area contributed by atoms with E-state index in [9.17, 15) is 19.7 Å². The van der Waals surface area contributed by atoms with Gasteiger partial charge in [0, 0.05) is 0 Å². The fraction of sp³-hybridized carbons (Fsp3) is 0.545. The lowest BCUT2D eigenvalue weighted by atomic mass is 9.96. The number of thioether (sulfide) groups is 1. The average Bonchev–Trinajstić information content (AvgIpc) is 2.91. The lowest BCUT2D eigenvalue weighted by molar-refractivity contribution is -0.0672. The minimum absolute atomic E-state index is 0.0989. The zero-order valence-corrected chi connectivity index (χ0v) is 11.8. The van der Waals surface area contributed by atoms with Crippen molar-refractivity contribution in [2.45, 2.75) is 29.3 Å². The van der Waals surface area contributed by atoms with Crippen molar-refractivity contribution in [2.75, 3.05) is 12.3 Å². The largest absolute Gasteiger partial charge is 0.395 e. The molecule has 3 heterocycles. The number of fused-ring (bicyclic) bond motifs is 1. The van der Waals surface area contributed by atoms with Gasteiger partial charge in [0.05, 0.1) is 24.3 Å². The van der Waals surface area contributed by atoms with Crippen LogP contribution in [0.25, 0.3) is 11.2 Å². The number of aliphatic hydroxyl groups is 3. The Labute approximate surface area is 122 Å². The molecule has 21 heavy (non-hydrogen) atoms. The summed E-state index contributed by atoms with van der Waals surface area (Å²) >= 11 is 1.16. The Morgan fingerprint density at radius 1 is 1.52 bits per heavy atom. The van der Waals surface area contributed by atoms with Gasteiger partial charge in [-0.2, -0.15) is 14.4 Å². The fourth-order valence-corrected chi connectivity index (χ4v) is 4.01. The molecule has 0 saturated carbocycles. The summed E-state index contributed by atoms with van der Waals surface area (Å²) in [5.41, 5.74) is 4.40. The van der Waals surface area contributed by atoms with Crippen molar-refractivity contribution in [3.05, 3.63) is 12.4 Å². The molecule has 1 saturated heterocycles. The molecule has 0 aromatic carbocycles. The van der Waals surface area contributed by atoms with E-state index in [2.05, 4.69) is 15.0 Å². The number of hydrogen-bond acceptors (Lipinski definition) is 8. The predicted octanol–water partition coefficient (Wildman–Crippen LogP) is -0.734. The number of nitrogen functional groups attached to an aromatic ring is 1. The van der Waals surface area contributed by atoms with Crippen LogP contribution in [0.3, 0.4) is 0 Å². The number of aromatic nitrogens is 4. The number of imidazole rings is 1. The Hall–Kier alpha value is -1.49. The van der Waals surface area contributed by atoms with E-state index in [0.29, 0.717) is 0 Å². The van der Waals surface area contributed by atoms with Gasteiger partial charge in [-0.25, -0.2) is 4.98 Å². The number of hydrogen-bond donors (Lipinski definition) is 4. The number of nitrogens with two attached hydrogens (primary N) is 1. The van der Waals surface area contributed by atoms with E-state index in [4.69, 9.17) is 5.73 Å². The quantitative estimate of drug-likeness (QED) is 0.533. The molecule has 2 aromatic rings. The van der Waals surface area contributed by atoms with E-state index in [1.807, 2.05) is 0 Å². The van der Waals surface area contributed by atoms with Crippen LogP contribution in [0.1, 0.15) is 12.3 Å². The smallest absolute Gasteiger partial charge is 0.312 e. The molecule has 1 fully saturated rings. The highest BCUT2D eigenvalue weighted by Gasteiger charge is 2.52. The Morgan fingerprint density at radius 3 is 2.86 bits per heavy atom.